The zero-order valence-electron chi connectivity index (χ0n) is 12.2. The molecule has 0 saturated heterocycles. The van der Waals surface area contributed by atoms with Crippen LogP contribution in [0.5, 0.6) is 0 Å². The van der Waals surface area contributed by atoms with Crippen molar-refractivity contribution >= 4 is 0 Å². The molecule has 1 N–H and O–H groups in total. The molecule has 1 unspecified atom stereocenters. The fraction of sp³-hybridized carbons (Fsp3) is 0.923. The first-order valence-electron chi connectivity index (χ1n) is 6.48. The van der Waals surface area contributed by atoms with Crippen molar-refractivity contribution in [2.75, 3.05) is 53.6 Å². The molecular formula is C13H27N3O2. The molecule has 5 heteroatoms. The van der Waals surface area contributed by atoms with Gasteiger partial charge in [0.1, 0.15) is 5.54 Å². The first-order valence-corrected chi connectivity index (χ1v) is 6.48. The van der Waals surface area contributed by atoms with Crippen molar-refractivity contribution in [2.45, 2.75) is 25.8 Å². The zero-order chi connectivity index (χ0) is 13.9. The molecule has 0 aliphatic carbocycles. The van der Waals surface area contributed by atoms with Gasteiger partial charge in [0.25, 0.3) is 0 Å². The van der Waals surface area contributed by atoms with Crippen molar-refractivity contribution in [3.8, 4) is 6.07 Å². The third-order valence-electron chi connectivity index (χ3n) is 2.78. The highest BCUT2D eigenvalue weighted by Crippen LogP contribution is 2.06. The third kappa shape index (κ3) is 7.62. The summed E-state index contributed by atoms with van der Waals surface area (Å²) < 4.78 is 10.2. The van der Waals surface area contributed by atoms with E-state index in [0.29, 0.717) is 19.8 Å². The minimum Gasteiger partial charge on any atom is -0.383 e. The number of nitriles is 1. The Morgan fingerprint density at radius 1 is 1.22 bits per heavy atom. The number of nitrogens with zero attached hydrogens (tertiary/aromatic N) is 2. The summed E-state index contributed by atoms with van der Waals surface area (Å²) in [4.78, 5) is 2.19. The number of hydrogen-bond acceptors (Lipinski definition) is 5. The van der Waals surface area contributed by atoms with Crippen molar-refractivity contribution in [3.05, 3.63) is 0 Å². The molecule has 0 aromatic rings. The highest BCUT2D eigenvalue weighted by molar-refractivity contribution is 5.05. The summed E-state index contributed by atoms with van der Waals surface area (Å²) in [7, 11) is 3.38. The van der Waals surface area contributed by atoms with Gasteiger partial charge in [0.15, 0.2) is 0 Å². The second-order valence-corrected chi connectivity index (χ2v) is 4.63. The molecule has 0 bridgehead atoms. The van der Waals surface area contributed by atoms with E-state index in [0.717, 1.165) is 26.1 Å². The Morgan fingerprint density at radius 2 is 1.78 bits per heavy atom. The van der Waals surface area contributed by atoms with Gasteiger partial charge in [-0.05, 0) is 19.9 Å². The van der Waals surface area contributed by atoms with E-state index in [1.54, 1.807) is 14.2 Å². The fourth-order valence-corrected chi connectivity index (χ4v) is 1.69. The van der Waals surface area contributed by atoms with E-state index >= 15 is 0 Å². The second kappa shape index (κ2) is 10.3. The van der Waals surface area contributed by atoms with Gasteiger partial charge in [0, 0.05) is 33.9 Å². The lowest BCUT2D eigenvalue weighted by molar-refractivity contribution is 0.102. The molecule has 0 heterocycles. The van der Waals surface area contributed by atoms with Crippen molar-refractivity contribution < 1.29 is 9.47 Å². The van der Waals surface area contributed by atoms with E-state index in [4.69, 9.17) is 9.47 Å². The Labute approximate surface area is 111 Å². The Bertz CT molecular complexity index is 235. The predicted molar refractivity (Wildman–Crippen MR) is 72.5 cm³/mol. The summed E-state index contributed by atoms with van der Waals surface area (Å²) >= 11 is 0. The lowest BCUT2D eigenvalue weighted by Gasteiger charge is -2.31. The molecule has 0 rings (SSSR count). The lowest BCUT2D eigenvalue weighted by Crippen LogP contribution is -2.51. The molecule has 0 aromatic carbocycles. The van der Waals surface area contributed by atoms with Gasteiger partial charge in [-0.2, -0.15) is 5.26 Å². The SMILES string of the molecule is CCCNC(C)(C#N)CN(CCOC)CCOC. The van der Waals surface area contributed by atoms with E-state index in [2.05, 4.69) is 23.2 Å². The van der Waals surface area contributed by atoms with Gasteiger partial charge in [0.2, 0.25) is 0 Å². The van der Waals surface area contributed by atoms with Crippen LogP contribution in [0.15, 0.2) is 0 Å². The van der Waals surface area contributed by atoms with Gasteiger partial charge in [-0.3, -0.25) is 10.2 Å². The maximum Gasteiger partial charge on any atom is 0.116 e. The Kier molecular flexibility index (Phi) is 9.89. The van der Waals surface area contributed by atoms with Crippen molar-refractivity contribution in [1.29, 1.82) is 5.26 Å². The maximum atomic E-state index is 9.31. The predicted octanol–water partition coefficient (Wildman–Crippen LogP) is 0.863. The molecule has 1 atom stereocenters. The van der Waals surface area contributed by atoms with Crippen molar-refractivity contribution in [2.24, 2.45) is 0 Å². The van der Waals surface area contributed by atoms with E-state index in [-0.39, 0.29) is 0 Å². The van der Waals surface area contributed by atoms with E-state index < -0.39 is 5.54 Å². The van der Waals surface area contributed by atoms with Gasteiger partial charge >= 0.3 is 0 Å². The van der Waals surface area contributed by atoms with Crippen LogP contribution < -0.4 is 5.32 Å². The number of methoxy groups -OCH3 is 2. The average Bonchev–Trinajstić information content (AvgIpc) is 2.39. The summed E-state index contributed by atoms with van der Waals surface area (Å²) in [6.07, 6.45) is 1.02. The largest absolute Gasteiger partial charge is 0.383 e. The Balaban J connectivity index is 4.35. The van der Waals surface area contributed by atoms with Crippen LogP contribution in [0.3, 0.4) is 0 Å². The van der Waals surface area contributed by atoms with Crippen LogP contribution in [0.25, 0.3) is 0 Å². The Hall–Kier alpha value is -0.670. The maximum absolute atomic E-state index is 9.31. The topological polar surface area (TPSA) is 57.5 Å². The zero-order valence-corrected chi connectivity index (χ0v) is 12.2. The molecule has 0 radical (unpaired) electrons. The molecule has 0 fully saturated rings. The number of rotatable bonds is 11. The molecule has 0 aliphatic rings. The number of ether oxygens (including phenoxy) is 2. The van der Waals surface area contributed by atoms with Gasteiger partial charge < -0.3 is 9.47 Å². The second-order valence-electron chi connectivity index (χ2n) is 4.63. The summed E-state index contributed by atoms with van der Waals surface area (Å²) in [5.41, 5.74) is -0.516. The van der Waals surface area contributed by atoms with Crippen LogP contribution in [0.4, 0.5) is 0 Å². The molecule has 106 valence electrons. The molecule has 18 heavy (non-hydrogen) atoms. The molecule has 0 saturated carbocycles. The fourth-order valence-electron chi connectivity index (χ4n) is 1.69. The molecule has 0 spiro atoms. The van der Waals surface area contributed by atoms with E-state index in [1.165, 1.54) is 0 Å². The average molecular weight is 257 g/mol. The van der Waals surface area contributed by atoms with E-state index in [1.807, 2.05) is 6.92 Å². The smallest absolute Gasteiger partial charge is 0.116 e. The highest BCUT2D eigenvalue weighted by Gasteiger charge is 2.25. The Morgan fingerprint density at radius 3 is 2.17 bits per heavy atom. The number of hydrogen-bond donors (Lipinski definition) is 1. The van der Waals surface area contributed by atoms with Gasteiger partial charge in [0.05, 0.1) is 19.3 Å². The van der Waals surface area contributed by atoms with Crippen LogP contribution in [0.2, 0.25) is 0 Å². The van der Waals surface area contributed by atoms with Crippen LogP contribution >= 0.6 is 0 Å². The minimum atomic E-state index is -0.516. The van der Waals surface area contributed by atoms with Crippen LogP contribution in [-0.2, 0) is 9.47 Å². The molecule has 0 aromatic heterocycles. The van der Waals surface area contributed by atoms with Gasteiger partial charge in [-0.1, -0.05) is 6.92 Å². The number of nitrogens with one attached hydrogen (secondary N) is 1. The van der Waals surface area contributed by atoms with Crippen LogP contribution in [0, 0.1) is 11.3 Å². The highest BCUT2D eigenvalue weighted by atomic mass is 16.5. The summed E-state index contributed by atoms with van der Waals surface area (Å²) in [5.74, 6) is 0. The quantitative estimate of drug-likeness (QED) is 0.595. The van der Waals surface area contributed by atoms with Crippen LogP contribution in [-0.4, -0.2) is 64.1 Å². The molecular weight excluding hydrogens is 230 g/mol. The van der Waals surface area contributed by atoms with Crippen molar-refractivity contribution in [1.82, 2.24) is 10.2 Å². The monoisotopic (exact) mass is 257 g/mol. The normalized spacial score (nSPS) is 14.4. The van der Waals surface area contributed by atoms with Gasteiger partial charge in [-0.25, -0.2) is 0 Å². The molecule has 0 aliphatic heterocycles. The summed E-state index contributed by atoms with van der Waals surface area (Å²) in [5, 5.41) is 12.6. The summed E-state index contributed by atoms with van der Waals surface area (Å²) in [6, 6.07) is 2.36. The van der Waals surface area contributed by atoms with E-state index in [9.17, 15) is 5.26 Å². The third-order valence-corrected chi connectivity index (χ3v) is 2.78. The van der Waals surface area contributed by atoms with Crippen LogP contribution in [0.1, 0.15) is 20.3 Å². The first kappa shape index (κ1) is 17.3. The standard InChI is InChI=1S/C13H27N3O2/c1-5-6-15-13(2,11-14)12-16(7-9-17-3)8-10-18-4/h15H,5-10,12H2,1-4H3. The van der Waals surface area contributed by atoms with Crippen molar-refractivity contribution in [3.63, 3.8) is 0 Å². The molecule has 0 amide bonds. The van der Waals surface area contributed by atoms with Gasteiger partial charge in [-0.15, -0.1) is 0 Å². The molecule has 5 nitrogen and oxygen atoms in total. The minimum absolute atomic E-state index is 0.516. The first-order chi connectivity index (χ1) is 8.61. The lowest BCUT2D eigenvalue weighted by atomic mass is 10.0. The summed E-state index contributed by atoms with van der Waals surface area (Å²) in [6.45, 7) is 8.52.